The molecule has 1 amide bonds. The molecule has 0 fully saturated rings. The normalized spacial score (nSPS) is 9.76. The Kier molecular flexibility index (Phi) is 4.11. The van der Waals surface area contributed by atoms with Crippen molar-refractivity contribution in [2.24, 2.45) is 5.73 Å². The minimum atomic E-state index is -0.682. The van der Waals surface area contributed by atoms with Crippen LogP contribution in [0, 0.1) is 10.1 Å². The molecule has 0 aromatic heterocycles. The zero-order chi connectivity index (χ0) is 13.0. The first kappa shape index (κ1) is 13.0. The molecule has 0 saturated carbocycles. The highest BCUT2D eigenvalue weighted by atomic mass is 35.5. The lowest BCUT2D eigenvalue weighted by Crippen LogP contribution is -2.20. The Morgan fingerprint density at radius 3 is 2.65 bits per heavy atom. The first-order chi connectivity index (χ1) is 7.95. The second-order valence-corrected chi connectivity index (χ2v) is 3.37. The van der Waals surface area contributed by atoms with Gasteiger partial charge in [0.2, 0.25) is 5.75 Å². The predicted molar refractivity (Wildman–Crippen MR) is 59.3 cm³/mol. The van der Waals surface area contributed by atoms with Crippen LogP contribution in [0.15, 0.2) is 12.1 Å². The molecule has 17 heavy (non-hydrogen) atoms. The summed E-state index contributed by atoms with van der Waals surface area (Å²) in [5, 5.41) is 10.7. The zero-order valence-electron chi connectivity index (χ0n) is 8.81. The first-order valence-corrected chi connectivity index (χ1v) is 4.76. The molecule has 0 bridgehead atoms. The molecule has 1 aromatic rings. The lowest BCUT2D eigenvalue weighted by atomic mass is 10.3. The molecule has 0 aliphatic heterocycles. The van der Waals surface area contributed by atoms with Gasteiger partial charge in [0.15, 0.2) is 6.61 Å². The summed E-state index contributed by atoms with van der Waals surface area (Å²) in [6, 6.07) is 2.31. The summed E-state index contributed by atoms with van der Waals surface area (Å²) in [7, 11) is 1.27. The van der Waals surface area contributed by atoms with Crippen molar-refractivity contribution in [1.29, 1.82) is 0 Å². The number of rotatable bonds is 5. The fraction of sp³-hybridized carbons (Fsp3) is 0.222. The molecule has 1 aromatic carbocycles. The summed E-state index contributed by atoms with van der Waals surface area (Å²) in [6.45, 7) is -0.374. The summed E-state index contributed by atoms with van der Waals surface area (Å²) in [5.74, 6) is -0.606. The van der Waals surface area contributed by atoms with Crippen molar-refractivity contribution in [1.82, 2.24) is 0 Å². The van der Waals surface area contributed by atoms with Crippen LogP contribution in [-0.4, -0.2) is 24.5 Å². The number of nitrogens with two attached hydrogens (primary N) is 1. The number of halogens is 1. The van der Waals surface area contributed by atoms with Gasteiger partial charge in [0.1, 0.15) is 5.75 Å². The smallest absolute Gasteiger partial charge is 0.312 e. The van der Waals surface area contributed by atoms with Gasteiger partial charge in [0.05, 0.1) is 17.1 Å². The number of methoxy groups -OCH3 is 1. The van der Waals surface area contributed by atoms with Crippen molar-refractivity contribution in [3.05, 3.63) is 27.3 Å². The Hall–Kier alpha value is -2.02. The van der Waals surface area contributed by atoms with Gasteiger partial charge in [-0.2, -0.15) is 0 Å². The molecule has 0 saturated heterocycles. The zero-order valence-corrected chi connectivity index (χ0v) is 9.56. The van der Waals surface area contributed by atoms with Gasteiger partial charge in [0.25, 0.3) is 5.91 Å². The van der Waals surface area contributed by atoms with E-state index in [1.807, 2.05) is 0 Å². The molecule has 1 rings (SSSR count). The van der Waals surface area contributed by atoms with E-state index in [0.717, 1.165) is 6.07 Å². The molecule has 8 heteroatoms. The number of ether oxygens (including phenoxy) is 2. The van der Waals surface area contributed by atoms with Gasteiger partial charge in [-0.25, -0.2) is 0 Å². The molecule has 0 heterocycles. The van der Waals surface area contributed by atoms with Crippen LogP contribution in [0.5, 0.6) is 11.5 Å². The second-order valence-electron chi connectivity index (χ2n) is 2.97. The standard InChI is InChI=1S/C9H9ClN2O5/c1-16-8-3-7(17-4-9(11)13)5(10)2-6(8)12(14)15/h2-3H,4H2,1H3,(H2,11,13). The molecule has 0 atom stereocenters. The Balaban J connectivity index is 3.08. The highest BCUT2D eigenvalue weighted by molar-refractivity contribution is 6.32. The van der Waals surface area contributed by atoms with Crippen molar-refractivity contribution in [2.75, 3.05) is 13.7 Å². The topological polar surface area (TPSA) is 105 Å². The molecular weight excluding hydrogens is 252 g/mol. The number of carbonyl (C=O) groups excluding carboxylic acids is 1. The highest BCUT2D eigenvalue weighted by Crippen LogP contribution is 2.37. The van der Waals surface area contributed by atoms with Crippen LogP contribution in [0.25, 0.3) is 0 Å². The number of hydrogen-bond donors (Lipinski definition) is 1. The second kappa shape index (κ2) is 5.35. The van der Waals surface area contributed by atoms with Gasteiger partial charge in [-0.15, -0.1) is 0 Å². The van der Waals surface area contributed by atoms with Gasteiger partial charge >= 0.3 is 5.69 Å². The van der Waals surface area contributed by atoms with E-state index in [0.29, 0.717) is 0 Å². The third-order valence-corrected chi connectivity index (χ3v) is 2.10. The number of nitro benzene ring substituents is 1. The van der Waals surface area contributed by atoms with Crippen molar-refractivity contribution in [3.63, 3.8) is 0 Å². The van der Waals surface area contributed by atoms with Gasteiger partial charge in [-0.1, -0.05) is 11.6 Å². The van der Waals surface area contributed by atoms with Crippen molar-refractivity contribution in [3.8, 4) is 11.5 Å². The molecule has 2 N–H and O–H groups in total. The lowest BCUT2D eigenvalue weighted by Gasteiger charge is -2.08. The Morgan fingerprint density at radius 2 is 2.18 bits per heavy atom. The van der Waals surface area contributed by atoms with E-state index in [1.165, 1.54) is 13.2 Å². The van der Waals surface area contributed by atoms with Crippen molar-refractivity contribution < 1.29 is 19.2 Å². The molecular formula is C9H9ClN2O5. The number of carbonyl (C=O) groups is 1. The first-order valence-electron chi connectivity index (χ1n) is 4.38. The van der Waals surface area contributed by atoms with Crippen molar-refractivity contribution in [2.45, 2.75) is 0 Å². The van der Waals surface area contributed by atoms with Crippen LogP contribution in [0.3, 0.4) is 0 Å². The SMILES string of the molecule is COc1cc(OCC(N)=O)c(Cl)cc1[N+](=O)[O-]. The highest BCUT2D eigenvalue weighted by Gasteiger charge is 2.19. The lowest BCUT2D eigenvalue weighted by molar-refractivity contribution is -0.385. The number of hydrogen-bond acceptors (Lipinski definition) is 5. The third kappa shape index (κ3) is 3.22. The van der Waals surface area contributed by atoms with E-state index >= 15 is 0 Å². The van der Waals surface area contributed by atoms with Crippen LogP contribution in [0.1, 0.15) is 0 Å². The van der Waals surface area contributed by atoms with E-state index in [-0.39, 0.29) is 28.8 Å². The fourth-order valence-electron chi connectivity index (χ4n) is 1.09. The predicted octanol–water partition coefficient (Wildman–Crippen LogP) is 1.12. The van der Waals surface area contributed by atoms with E-state index in [4.69, 9.17) is 26.8 Å². The number of benzene rings is 1. The molecule has 0 radical (unpaired) electrons. The molecule has 7 nitrogen and oxygen atoms in total. The van der Waals surface area contributed by atoms with Crippen LogP contribution < -0.4 is 15.2 Å². The van der Waals surface area contributed by atoms with Crippen LogP contribution in [-0.2, 0) is 4.79 Å². The summed E-state index contributed by atoms with van der Waals surface area (Å²) < 4.78 is 9.78. The summed E-state index contributed by atoms with van der Waals surface area (Å²) in [4.78, 5) is 20.6. The van der Waals surface area contributed by atoms with Gasteiger partial charge in [-0.3, -0.25) is 14.9 Å². The molecule has 92 valence electrons. The third-order valence-electron chi connectivity index (χ3n) is 1.80. The average Bonchev–Trinajstić information content (AvgIpc) is 2.26. The largest absolute Gasteiger partial charge is 0.490 e. The quantitative estimate of drug-likeness (QED) is 0.631. The summed E-state index contributed by atoms with van der Waals surface area (Å²) >= 11 is 5.75. The summed E-state index contributed by atoms with van der Waals surface area (Å²) in [6.07, 6.45) is 0. The van der Waals surface area contributed by atoms with Gasteiger partial charge < -0.3 is 15.2 Å². The van der Waals surface area contributed by atoms with Gasteiger partial charge in [0, 0.05) is 12.1 Å². The molecule has 0 unspecified atom stereocenters. The minimum absolute atomic E-state index is 0.00116. The van der Waals surface area contributed by atoms with Crippen molar-refractivity contribution >= 4 is 23.2 Å². The maximum atomic E-state index is 10.7. The maximum absolute atomic E-state index is 10.7. The van der Waals surface area contributed by atoms with E-state index in [2.05, 4.69) is 0 Å². The molecule has 0 spiro atoms. The molecule has 0 aliphatic rings. The van der Waals surface area contributed by atoms with E-state index in [9.17, 15) is 14.9 Å². The monoisotopic (exact) mass is 260 g/mol. The maximum Gasteiger partial charge on any atom is 0.312 e. The summed E-state index contributed by atoms with van der Waals surface area (Å²) in [5.41, 5.74) is 4.60. The number of amides is 1. The van der Waals surface area contributed by atoms with Crippen LogP contribution in [0.2, 0.25) is 5.02 Å². The number of primary amides is 1. The van der Waals surface area contributed by atoms with E-state index in [1.54, 1.807) is 0 Å². The average molecular weight is 261 g/mol. The van der Waals surface area contributed by atoms with Crippen LogP contribution >= 0.6 is 11.6 Å². The Bertz CT molecular complexity index is 463. The molecule has 0 aliphatic carbocycles. The fourth-order valence-corrected chi connectivity index (χ4v) is 1.30. The van der Waals surface area contributed by atoms with E-state index < -0.39 is 10.8 Å². The Morgan fingerprint density at radius 1 is 1.53 bits per heavy atom. The van der Waals surface area contributed by atoms with Gasteiger partial charge in [-0.05, 0) is 0 Å². The number of nitro groups is 1. The van der Waals surface area contributed by atoms with Crippen LogP contribution in [0.4, 0.5) is 5.69 Å². The minimum Gasteiger partial charge on any atom is -0.490 e. The number of nitrogens with zero attached hydrogens (tertiary/aromatic N) is 1. The Labute approximate surface area is 101 Å².